The summed E-state index contributed by atoms with van der Waals surface area (Å²) >= 11 is 0. The number of phenolic OH excluding ortho intramolecular Hbond substituents is 1. The van der Waals surface area contributed by atoms with Crippen molar-refractivity contribution in [1.29, 1.82) is 0 Å². The lowest BCUT2D eigenvalue weighted by Crippen LogP contribution is -2.06. The van der Waals surface area contributed by atoms with Crippen LogP contribution in [0.5, 0.6) is 5.75 Å². The van der Waals surface area contributed by atoms with Crippen molar-refractivity contribution in [2.75, 3.05) is 12.3 Å². The second-order valence-electron chi connectivity index (χ2n) is 2.59. The Morgan fingerprint density at radius 2 is 2.14 bits per heavy atom. The minimum atomic E-state index is -3.86. The van der Waals surface area contributed by atoms with Gasteiger partial charge in [-0.25, -0.2) is 0 Å². The average Bonchev–Trinajstić information content (AvgIpc) is 2.02. The predicted octanol–water partition coefficient (Wildman–Crippen LogP) is 0.700. The molecule has 0 spiro atoms. The summed E-state index contributed by atoms with van der Waals surface area (Å²) in [4.78, 5) is -0.270. The minimum absolute atomic E-state index is 0.0200. The number of benzene rings is 1. The summed E-state index contributed by atoms with van der Waals surface area (Å²) in [6.07, 6.45) is 0. The number of rotatable bonds is 3. The van der Waals surface area contributed by atoms with Crippen LogP contribution in [0.2, 0.25) is 0 Å². The molecule has 0 aliphatic carbocycles. The molecule has 5 nitrogen and oxygen atoms in total. The zero-order valence-electron chi connectivity index (χ0n) is 7.60. The predicted molar refractivity (Wildman–Crippen MR) is 51.3 cm³/mol. The topological polar surface area (TPSA) is 89.6 Å². The molecule has 0 fully saturated rings. The first kappa shape index (κ1) is 10.8. The maximum absolute atomic E-state index is 11.3. The van der Waals surface area contributed by atoms with Gasteiger partial charge in [0, 0.05) is 11.8 Å². The van der Waals surface area contributed by atoms with Crippen molar-refractivity contribution in [3.05, 3.63) is 18.2 Å². The van der Waals surface area contributed by atoms with Crippen molar-refractivity contribution >= 4 is 15.8 Å². The Hall–Kier alpha value is -1.27. The average molecular weight is 217 g/mol. The van der Waals surface area contributed by atoms with E-state index in [0.717, 1.165) is 6.07 Å². The van der Waals surface area contributed by atoms with Crippen molar-refractivity contribution in [1.82, 2.24) is 0 Å². The Morgan fingerprint density at radius 1 is 1.50 bits per heavy atom. The summed E-state index contributed by atoms with van der Waals surface area (Å²) in [6, 6.07) is 3.74. The van der Waals surface area contributed by atoms with E-state index in [1.54, 1.807) is 6.92 Å². The van der Waals surface area contributed by atoms with E-state index in [4.69, 9.17) is 5.73 Å². The fraction of sp³-hybridized carbons (Fsp3) is 0.250. The van der Waals surface area contributed by atoms with Crippen molar-refractivity contribution in [3.63, 3.8) is 0 Å². The van der Waals surface area contributed by atoms with Gasteiger partial charge < -0.3 is 10.8 Å². The van der Waals surface area contributed by atoms with Gasteiger partial charge >= 0.3 is 10.1 Å². The van der Waals surface area contributed by atoms with Crippen LogP contribution in [0, 0.1) is 0 Å². The van der Waals surface area contributed by atoms with Crippen molar-refractivity contribution in [3.8, 4) is 5.75 Å². The van der Waals surface area contributed by atoms with Crippen LogP contribution >= 0.6 is 0 Å². The van der Waals surface area contributed by atoms with Crippen LogP contribution in [0.4, 0.5) is 5.69 Å². The number of nitrogens with two attached hydrogens (primary N) is 1. The van der Waals surface area contributed by atoms with Crippen LogP contribution in [-0.4, -0.2) is 20.1 Å². The lowest BCUT2D eigenvalue weighted by atomic mass is 10.3. The molecular formula is C8H11NO4S. The third-order valence-electron chi connectivity index (χ3n) is 1.53. The first-order chi connectivity index (χ1) is 6.47. The van der Waals surface area contributed by atoms with Gasteiger partial charge in [-0.05, 0) is 19.1 Å². The highest BCUT2D eigenvalue weighted by atomic mass is 32.2. The molecule has 1 rings (SSSR count). The molecule has 0 saturated carbocycles. The van der Waals surface area contributed by atoms with Gasteiger partial charge in [-0.15, -0.1) is 0 Å². The molecule has 0 atom stereocenters. The van der Waals surface area contributed by atoms with Crippen molar-refractivity contribution in [2.24, 2.45) is 0 Å². The molecule has 0 aliphatic heterocycles. The van der Waals surface area contributed by atoms with Crippen LogP contribution in [0.25, 0.3) is 0 Å². The molecule has 0 aromatic heterocycles. The van der Waals surface area contributed by atoms with Crippen molar-refractivity contribution < 1.29 is 17.7 Å². The Kier molecular flexibility index (Phi) is 2.97. The second kappa shape index (κ2) is 3.85. The van der Waals surface area contributed by atoms with Crippen LogP contribution in [0.15, 0.2) is 23.1 Å². The number of aromatic hydroxyl groups is 1. The normalized spacial score (nSPS) is 11.5. The monoisotopic (exact) mass is 217 g/mol. The van der Waals surface area contributed by atoms with Crippen LogP contribution in [-0.2, 0) is 14.3 Å². The molecule has 0 amide bonds. The summed E-state index contributed by atoms with van der Waals surface area (Å²) < 4.78 is 27.2. The third-order valence-corrected chi connectivity index (χ3v) is 2.96. The Balaban J connectivity index is 3.20. The van der Waals surface area contributed by atoms with Gasteiger partial charge in [0.1, 0.15) is 10.6 Å². The molecule has 0 saturated heterocycles. The molecule has 0 radical (unpaired) electrons. The van der Waals surface area contributed by atoms with Gasteiger partial charge in [0.2, 0.25) is 0 Å². The Bertz CT molecular complexity index is 427. The van der Waals surface area contributed by atoms with E-state index in [0.29, 0.717) is 0 Å². The Labute approximate surface area is 82.2 Å². The zero-order valence-corrected chi connectivity index (χ0v) is 8.41. The molecule has 1 aromatic carbocycles. The molecule has 3 N–H and O–H groups in total. The first-order valence-corrected chi connectivity index (χ1v) is 5.36. The fourth-order valence-corrected chi connectivity index (χ4v) is 1.95. The summed E-state index contributed by atoms with van der Waals surface area (Å²) in [7, 11) is -3.86. The van der Waals surface area contributed by atoms with Gasteiger partial charge in [-0.3, -0.25) is 4.18 Å². The van der Waals surface area contributed by atoms with E-state index >= 15 is 0 Å². The summed E-state index contributed by atoms with van der Waals surface area (Å²) in [5, 5.41) is 9.31. The Morgan fingerprint density at radius 3 is 2.64 bits per heavy atom. The third kappa shape index (κ3) is 2.15. The van der Waals surface area contributed by atoms with Crippen LogP contribution < -0.4 is 5.73 Å². The summed E-state index contributed by atoms with van der Waals surface area (Å²) in [5.41, 5.74) is 5.64. The van der Waals surface area contributed by atoms with E-state index in [9.17, 15) is 13.5 Å². The highest BCUT2D eigenvalue weighted by Gasteiger charge is 2.18. The first-order valence-electron chi connectivity index (χ1n) is 3.95. The van der Waals surface area contributed by atoms with Crippen LogP contribution in [0.1, 0.15) is 6.92 Å². The summed E-state index contributed by atoms with van der Waals surface area (Å²) in [6.45, 7) is 1.57. The molecule has 1 aromatic rings. The molecule has 14 heavy (non-hydrogen) atoms. The maximum atomic E-state index is 11.3. The van der Waals surface area contributed by atoms with E-state index in [1.807, 2.05) is 0 Å². The lowest BCUT2D eigenvalue weighted by Gasteiger charge is -2.05. The molecule has 0 aliphatic rings. The quantitative estimate of drug-likeness (QED) is 0.574. The van der Waals surface area contributed by atoms with Crippen LogP contribution in [0.3, 0.4) is 0 Å². The molecule has 6 heteroatoms. The SMILES string of the molecule is CCOS(=O)(=O)c1ccc(N)cc1O. The molecule has 0 bridgehead atoms. The number of anilines is 1. The van der Waals surface area contributed by atoms with Crippen molar-refractivity contribution in [2.45, 2.75) is 11.8 Å². The molecule has 0 unspecified atom stereocenters. The zero-order chi connectivity index (χ0) is 10.8. The number of hydrogen-bond acceptors (Lipinski definition) is 5. The van der Waals surface area contributed by atoms with Gasteiger partial charge in [0.15, 0.2) is 0 Å². The summed E-state index contributed by atoms with van der Waals surface area (Å²) in [5.74, 6) is -0.404. The van der Waals surface area contributed by atoms with Gasteiger partial charge in [-0.1, -0.05) is 0 Å². The number of nitrogen functional groups attached to an aromatic ring is 1. The maximum Gasteiger partial charge on any atom is 0.300 e. The lowest BCUT2D eigenvalue weighted by molar-refractivity contribution is 0.335. The molecule has 0 heterocycles. The standard InChI is InChI=1S/C8H11NO4S/c1-2-13-14(11,12)8-4-3-6(9)5-7(8)10/h3-5,10H,2,9H2,1H3. The smallest absolute Gasteiger partial charge is 0.300 e. The highest BCUT2D eigenvalue weighted by Crippen LogP contribution is 2.25. The van der Waals surface area contributed by atoms with E-state index in [1.165, 1.54) is 12.1 Å². The number of phenols is 1. The molecule has 78 valence electrons. The van der Waals surface area contributed by atoms with Gasteiger partial charge in [-0.2, -0.15) is 8.42 Å². The number of hydrogen-bond donors (Lipinski definition) is 2. The fourth-order valence-electron chi connectivity index (χ4n) is 0.964. The minimum Gasteiger partial charge on any atom is -0.506 e. The van der Waals surface area contributed by atoms with Gasteiger partial charge in [0.25, 0.3) is 0 Å². The molecular weight excluding hydrogens is 206 g/mol. The van der Waals surface area contributed by atoms with E-state index < -0.39 is 15.9 Å². The van der Waals surface area contributed by atoms with Gasteiger partial charge in [0.05, 0.1) is 6.61 Å². The second-order valence-corrected chi connectivity index (χ2v) is 4.17. The largest absolute Gasteiger partial charge is 0.506 e. The van der Waals surface area contributed by atoms with E-state index in [-0.39, 0.29) is 17.2 Å². The highest BCUT2D eigenvalue weighted by molar-refractivity contribution is 7.86. The van der Waals surface area contributed by atoms with E-state index in [2.05, 4.69) is 4.18 Å².